The van der Waals surface area contributed by atoms with Crippen molar-refractivity contribution in [3.63, 3.8) is 0 Å². The molecule has 0 amide bonds. The van der Waals surface area contributed by atoms with Gasteiger partial charge in [-0.3, -0.25) is 0 Å². The minimum absolute atomic E-state index is 0.0462. The van der Waals surface area contributed by atoms with Crippen LogP contribution >= 0.6 is 0 Å². The van der Waals surface area contributed by atoms with Crippen molar-refractivity contribution in [2.24, 2.45) is 0 Å². The molecule has 0 bridgehead atoms. The van der Waals surface area contributed by atoms with E-state index in [9.17, 15) is 19.7 Å². The Hall–Kier alpha value is -1.05. The molecule has 5 nitrogen and oxygen atoms in total. The first-order valence-corrected chi connectivity index (χ1v) is 5.99. The molecule has 0 spiro atoms. The lowest BCUT2D eigenvalue weighted by atomic mass is 9.97. The van der Waals surface area contributed by atoms with E-state index < -0.39 is 30.8 Å². The zero-order valence-electron chi connectivity index (χ0n) is 10.3. The van der Waals surface area contributed by atoms with Crippen LogP contribution in [-0.2, 0) is 16.1 Å². The molecule has 2 rings (SSSR count). The molecule has 0 aliphatic carbocycles. The average molecular weight is 272 g/mol. The monoisotopic (exact) mass is 272 g/mol. The van der Waals surface area contributed by atoms with E-state index in [1.807, 2.05) is 30.3 Å². The molecule has 0 aromatic heterocycles. The van der Waals surface area contributed by atoms with E-state index in [4.69, 9.17) is 9.47 Å². The topological polar surface area (TPSA) is 79.2 Å². The summed E-state index contributed by atoms with van der Waals surface area (Å²) in [5.41, 5.74) is -1.34. The van der Waals surface area contributed by atoms with Gasteiger partial charge in [0, 0.05) is 0 Å². The van der Waals surface area contributed by atoms with Gasteiger partial charge in [-0.2, -0.15) is 0 Å². The lowest BCUT2D eigenvalue weighted by molar-refractivity contribution is -0.183. The third-order valence-corrected chi connectivity index (χ3v) is 3.20. The smallest absolute Gasteiger partial charge is 0.189 e. The van der Waals surface area contributed by atoms with Gasteiger partial charge < -0.3 is 24.8 Å². The zero-order valence-corrected chi connectivity index (χ0v) is 10.3. The van der Waals surface area contributed by atoms with E-state index in [1.165, 1.54) is 0 Å². The highest BCUT2D eigenvalue weighted by Crippen LogP contribution is 2.30. The van der Waals surface area contributed by atoms with Gasteiger partial charge in [0.1, 0.15) is 18.9 Å². The van der Waals surface area contributed by atoms with Crippen molar-refractivity contribution in [3.8, 4) is 0 Å². The van der Waals surface area contributed by atoms with Gasteiger partial charge >= 0.3 is 0 Å². The Labute approximate surface area is 110 Å². The van der Waals surface area contributed by atoms with Gasteiger partial charge in [0.15, 0.2) is 11.9 Å². The maximum atomic E-state index is 12.7. The lowest BCUT2D eigenvalue weighted by Gasteiger charge is -2.24. The second-order valence-corrected chi connectivity index (χ2v) is 4.60. The summed E-state index contributed by atoms with van der Waals surface area (Å²) in [6.45, 7) is -1.03. The van der Waals surface area contributed by atoms with Crippen LogP contribution in [0.15, 0.2) is 30.3 Å². The van der Waals surface area contributed by atoms with Crippen LogP contribution in [0.4, 0.5) is 4.39 Å². The predicted molar refractivity (Wildman–Crippen MR) is 63.9 cm³/mol. The molecule has 1 aromatic carbocycles. The Morgan fingerprint density at radius 2 is 1.95 bits per heavy atom. The molecule has 1 aromatic rings. The molecule has 1 fully saturated rings. The van der Waals surface area contributed by atoms with Gasteiger partial charge in [-0.05, 0) is 5.56 Å². The summed E-state index contributed by atoms with van der Waals surface area (Å²) in [5, 5.41) is 28.8. The third-order valence-electron chi connectivity index (χ3n) is 3.20. The molecule has 1 aliphatic rings. The summed E-state index contributed by atoms with van der Waals surface area (Å²) in [6.07, 6.45) is -4.24. The van der Waals surface area contributed by atoms with Crippen molar-refractivity contribution in [2.45, 2.75) is 30.7 Å². The van der Waals surface area contributed by atoms with Crippen LogP contribution in [0.3, 0.4) is 0 Å². The first-order valence-electron chi connectivity index (χ1n) is 5.99. The van der Waals surface area contributed by atoms with Gasteiger partial charge in [0.25, 0.3) is 0 Å². The van der Waals surface area contributed by atoms with Crippen molar-refractivity contribution in [3.05, 3.63) is 35.9 Å². The Balaban J connectivity index is 1.84. The Bertz CT molecular complexity index is 401. The summed E-state index contributed by atoms with van der Waals surface area (Å²) < 4.78 is 22.9. The van der Waals surface area contributed by atoms with Crippen LogP contribution in [0, 0.1) is 0 Å². The molecule has 6 heteroatoms. The van der Waals surface area contributed by atoms with E-state index in [-0.39, 0.29) is 6.61 Å². The van der Waals surface area contributed by atoms with E-state index in [0.29, 0.717) is 6.61 Å². The van der Waals surface area contributed by atoms with Gasteiger partial charge in [0.05, 0.1) is 13.2 Å². The number of halogens is 1. The molecule has 19 heavy (non-hydrogen) atoms. The van der Waals surface area contributed by atoms with E-state index in [1.54, 1.807) is 0 Å². The normalized spacial score (nSPS) is 34.6. The summed E-state index contributed by atoms with van der Waals surface area (Å²) in [5.74, 6) is 0. The van der Waals surface area contributed by atoms with Crippen LogP contribution < -0.4 is 0 Å². The first-order chi connectivity index (χ1) is 9.08. The molecule has 1 heterocycles. The van der Waals surface area contributed by atoms with Crippen LogP contribution in [-0.4, -0.2) is 52.7 Å². The fraction of sp³-hybridized carbons (Fsp3) is 0.538. The number of aliphatic hydroxyl groups is 3. The number of alkyl halides is 1. The molecule has 106 valence electrons. The predicted octanol–water partition coefficient (Wildman–Crippen LogP) is -0.0181. The second-order valence-electron chi connectivity index (χ2n) is 4.60. The second kappa shape index (κ2) is 5.94. The van der Waals surface area contributed by atoms with E-state index in [0.717, 1.165) is 5.56 Å². The molecule has 0 saturated carbocycles. The van der Waals surface area contributed by atoms with Gasteiger partial charge in [-0.15, -0.1) is 0 Å². The molecule has 1 unspecified atom stereocenters. The Morgan fingerprint density at radius 3 is 2.53 bits per heavy atom. The third kappa shape index (κ3) is 2.93. The van der Waals surface area contributed by atoms with Crippen LogP contribution in [0.5, 0.6) is 0 Å². The van der Waals surface area contributed by atoms with Crippen molar-refractivity contribution in [1.82, 2.24) is 0 Å². The first kappa shape index (κ1) is 14.4. The van der Waals surface area contributed by atoms with Crippen molar-refractivity contribution in [2.75, 3.05) is 13.3 Å². The van der Waals surface area contributed by atoms with Crippen molar-refractivity contribution in [1.29, 1.82) is 0 Å². The molecule has 0 radical (unpaired) electrons. The van der Waals surface area contributed by atoms with Gasteiger partial charge in [-0.1, -0.05) is 30.3 Å². The van der Waals surface area contributed by atoms with Gasteiger partial charge in [-0.25, -0.2) is 4.39 Å². The van der Waals surface area contributed by atoms with Crippen LogP contribution in [0.1, 0.15) is 5.56 Å². The Morgan fingerprint density at radius 1 is 1.26 bits per heavy atom. The number of rotatable bonds is 5. The number of hydrogen-bond donors (Lipinski definition) is 3. The summed E-state index contributed by atoms with van der Waals surface area (Å²) in [4.78, 5) is 0. The SMILES string of the molecule is O[C@@H]1O[C@H](COCc2ccccc2)[C@H](O)C1(O)CF. The number of aliphatic hydroxyl groups excluding tert-OH is 2. The summed E-state index contributed by atoms with van der Waals surface area (Å²) in [7, 11) is 0. The Kier molecular flexibility index (Phi) is 4.49. The molecule has 1 saturated heterocycles. The highest BCUT2D eigenvalue weighted by atomic mass is 19.1. The number of benzene rings is 1. The van der Waals surface area contributed by atoms with Gasteiger partial charge in [0.2, 0.25) is 0 Å². The molecular formula is C13H17FO5. The van der Waals surface area contributed by atoms with Crippen LogP contribution in [0.2, 0.25) is 0 Å². The van der Waals surface area contributed by atoms with E-state index in [2.05, 4.69) is 0 Å². The van der Waals surface area contributed by atoms with E-state index >= 15 is 0 Å². The molecule has 1 aliphatic heterocycles. The molecule has 3 N–H and O–H groups in total. The molecular weight excluding hydrogens is 255 g/mol. The minimum atomic E-state index is -2.28. The highest BCUT2D eigenvalue weighted by Gasteiger charge is 2.55. The maximum absolute atomic E-state index is 12.7. The van der Waals surface area contributed by atoms with Crippen molar-refractivity contribution < 1.29 is 29.2 Å². The lowest BCUT2D eigenvalue weighted by Crippen LogP contribution is -2.50. The fourth-order valence-electron chi connectivity index (χ4n) is 1.97. The zero-order chi connectivity index (χ0) is 13.9. The fourth-order valence-corrected chi connectivity index (χ4v) is 1.97. The van der Waals surface area contributed by atoms with Crippen LogP contribution in [0.25, 0.3) is 0 Å². The average Bonchev–Trinajstić information content (AvgIpc) is 2.65. The molecule has 4 atom stereocenters. The number of ether oxygens (including phenoxy) is 2. The highest BCUT2D eigenvalue weighted by molar-refractivity contribution is 5.13. The minimum Gasteiger partial charge on any atom is -0.387 e. The summed E-state index contributed by atoms with van der Waals surface area (Å²) in [6, 6.07) is 9.36. The maximum Gasteiger partial charge on any atom is 0.189 e. The standard InChI is InChI=1S/C13H17FO5/c14-8-13(17)11(15)10(19-12(13)16)7-18-6-9-4-2-1-3-5-9/h1-5,10-12,15-17H,6-8H2/t10-,11+,12-,13?/m1/s1. The number of hydrogen-bond acceptors (Lipinski definition) is 5. The van der Waals surface area contributed by atoms with Crippen molar-refractivity contribution >= 4 is 0 Å². The largest absolute Gasteiger partial charge is 0.387 e. The quantitative estimate of drug-likeness (QED) is 0.702. The summed E-state index contributed by atoms with van der Waals surface area (Å²) >= 11 is 0.